The molecular weight excluding hydrogens is 278 g/mol. The van der Waals surface area contributed by atoms with E-state index in [-0.39, 0.29) is 31.2 Å². The SMILES string of the molecule is CC(C)CC(CNC(=O)NC1CCC(=O)NC1=O)C(=O)O. The Morgan fingerprint density at radius 2 is 2.05 bits per heavy atom. The van der Waals surface area contributed by atoms with Crippen LogP contribution in [0.3, 0.4) is 0 Å². The zero-order chi connectivity index (χ0) is 16.0. The van der Waals surface area contributed by atoms with Gasteiger partial charge in [0.2, 0.25) is 11.8 Å². The van der Waals surface area contributed by atoms with Gasteiger partial charge in [0.15, 0.2) is 0 Å². The Morgan fingerprint density at radius 1 is 1.38 bits per heavy atom. The predicted octanol–water partition coefficient (Wildman–Crippen LogP) is -0.162. The lowest BCUT2D eigenvalue weighted by Crippen LogP contribution is -2.54. The Balaban J connectivity index is 2.40. The summed E-state index contributed by atoms with van der Waals surface area (Å²) in [4.78, 5) is 45.2. The fourth-order valence-corrected chi connectivity index (χ4v) is 2.10. The van der Waals surface area contributed by atoms with Crippen LogP contribution in [-0.4, -0.2) is 41.5 Å². The molecule has 2 unspecified atom stereocenters. The molecule has 118 valence electrons. The van der Waals surface area contributed by atoms with E-state index in [1.807, 2.05) is 13.8 Å². The van der Waals surface area contributed by atoms with E-state index in [0.29, 0.717) is 6.42 Å². The topological polar surface area (TPSA) is 125 Å². The van der Waals surface area contributed by atoms with Crippen LogP contribution in [0.2, 0.25) is 0 Å². The van der Waals surface area contributed by atoms with Gasteiger partial charge in [-0.1, -0.05) is 13.8 Å². The molecule has 1 saturated heterocycles. The summed E-state index contributed by atoms with van der Waals surface area (Å²) in [5.41, 5.74) is 0. The maximum atomic E-state index is 11.7. The van der Waals surface area contributed by atoms with Crippen LogP contribution in [0.4, 0.5) is 4.79 Å². The Labute approximate surface area is 122 Å². The first-order chi connectivity index (χ1) is 9.79. The number of carbonyl (C=O) groups is 4. The van der Waals surface area contributed by atoms with Crippen molar-refractivity contribution in [3.8, 4) is 0 Å². The largest absolute Gasteiger partial charge is 0.481 e. The molecule has 0 spiro atoms. The first-order valence-electron chi connectivity index (χ1n) is 6.90. The molecule has 4 N–H and O–H groups in total. The van der Waals surface area contributed by atoms with Crippen molar-refractivity contribution < 1.29 is 24.3 Å². The van der Waals surface area contributed by atoms with Gasteiger partial charge in [-0.25, -0.2) is 4.79 Å². The number of amides is 4. The van der Waals surface area contributed by atoms with Gasteiger partial charge in [-0.15, -0.1) is 0 Å². The highest BCUT2D eigenvalue weighted by Crippen LogP contribution is 2.11. The monoisotopic (exact) mass is 299 g/mol. The number of hydrogen-bond acceptors (Lipinski definition) is 4. The van der Waals surface area contributed by atoms with Crippen LogP contribution < -0.4 is 16.0 Å². The van der Waals surface area contributed by atoms with Gasteiger partial charge in [-0.05, 0) is 18.8 Å². The third-order valence-electron chi connectivity index (χ3n) is 3.16. The molecule has 21 heavy (non-hydrogen) atoms. The van der Waals surface area contributed by atoms with E-state index in [2.05, 4.69) is 16.0 Å². The van der Waals surface area contributed by atoms with Crippen molar-refractivity contribution in [2.75, 3.05) is 6.54 Å². The Kier molecular flexibility index (Phi) is 6.13. The Morgan fingerprint density at radius 3 is 2.57 bits per heavy atom. The smallest absolute Gasteiger partial charge is 0.315 e. The van der Waals surface area contributed by atoms with Gasteiger partial charge in [0.05, 0.1) is 5.92 Å². The summed E-state index contributed by atoms with van der Waals surface area (Å²) in [6.45, 7) is 3.80. The van der Waals surface area contributed by atoms with Crippen molar-refractivity contribution in [1.29, 1.82) is 0 Å². The number of imide groups is 1. The normalized spacial score (nSPS) is 19.9. The number of hydrogen-bond donors (Lipinski definition) is 4. The molecular formula is C13H21N3O5. The molecule has 1 rings (SSSR count). The molecule has 1 fully saturated rings. The third-order valence-corrected chi connectivity index (χ3v) is 3.16. The second kappa shape index (κ2) is 7.61. The van der Waals surface area contributed by atoms with Crippen molar-refractivity contribution >= 4 is 23.8 Å². The molecule has 2 atom stereocenters. The van der Waals surface area contributed by atoms with Gasteiger partial charge in [-0.3, -0.25) is 19.7 Å². The molecule has 1 heterocycles. The van der Waals surface area contributed by atoms with Gasteiger partial charge in [0.25, 0.3) is 0 Å². The summed E-state index contributed by atoms with van der Waals surface area (Å²) in [5.74, 6) is -2.34. The lowest BCUT2D eigenvalue weighted by molar-refractivity contribution is -0.142. The molecule has 8 heteroatoms. The highest BCUT2D eigenvalue weighted by molar-refractivity contribution is 6.01. The molecule has 0 aliphatic carbocycles. The van der Waals surface area contributed by atoms with Crippen molar-refractivity contribution in [3.63, 3.8) is 0 Å². The van der Waals surface area contributed by atoms with Crippen LogP contribution in [-0.2, 0) is 14.4 Å². The molecule has 4 amide bonds. The van der Waals surface area contributed by atoms with E-state index in [9.17, 15) is 19.2 Å². The minimum Gasteiger partial charge on any atom is -0.481 e. The number of nitrogens with one attached hydrogen (secondary N) is 3. The number of rotatable bonds is 6. The predicted molar refractivity (Wildman–Crippen MR) is 73.3 cm³/mol. The number of carboxylic acid groups (broad SMARTS) is 1. The summed E-state index contributed by atoms with van der Waals surface area (Å²) >= 11 is 0. The van der Waals surface area contributed by atoms with E-state index >= 15 is 0 Å². The average molecular weight is 299 g/mol. The standard InChI is InChI=1S/C13H21N3O5/c1-7(2)5-8(12(19)20)6-14-13(21)15-9-3-4-10(17)16-11(9)18/h7-9H,3-6H2,1-2H3,(H,19,20)(H2,14,15,21)(H,16,17,18). The zero-order valence-electron chi connectivity index (χ0n) is 12.1. The summed E-state index contributed by atoms with van der Waals surface area (Å²) in [6.07, 6.45) is 0.863. The lowest BCUT2D eigenvalue weighted by Gasteiger charge is -2.22. The van der Waals surface area contributed by atoms with Gasteiger partial charge >= 0.3 is 12.0 Å². The summed E-state index contributed by atoms with van der Waals surface area (Å²) in [5, 5.41) is 16.1. The fraction of sp³-hybridized carbons (Fsp3) is 0.692. The first kappa shape index (κ1) is 16.9. The number of carbonyl (C=O) groups excluding carboxylic acids is 3. The van der Waals surface area contributed by atoms with Gasteiger partial charge in [0, 0.05) is 13.0 Å². The molecule has 8 nitrogen and oxygen atoms in total. The molecule has 0 aromatic carbocycles. The zero-order valence-corrected chi connectivity index (χ0v) is 12.1. The van der Waals surface area contributed by atoms with E-state index in [4.69, 9.17) is 5.11 Å². The average Bonchev–Trinajstić information content (AvgIpc) is 2.37. The van der Waals surface area contributed by atoms with Gasteiger partial charge < -0.3 is 15.7 Å². The lowest BCUT2D eigenvalue weighted by atomic mass is 9.97. The van der Waals surface area contributed by atoms with Crippen LogP contribution in [0.5, 0.6) is 0 Å². The van der Waals surface area contributed by atoms with Crippen LogP contribution >= 0.6 is 0 Å². The quantitative estimate of drug-likeness (QED) is 0.507. The van der Waals surface area contributed by atoms with Crippen molar-refractivity contribution in [2.45, 2.75) is 39.2 Å². The first-order valence-corrected chi connectivity index (χ1v) is 6.90. The molecule has 1 aliphatic heterocycles. The van der Waals surface area contributed by atoms with E-state index in [0.717, 1.165) is 0 Å². The second-order valence-electron chi connectivity index (χ2n) is 5.52. The Bertz CT molecular complexity index is 436. The third kappa shape index (κ3) is 5.80. The van der Waals surface area contributed by atoms with E-state index < -0.39 is 29.9 Å². The summed E-state index contributed by atoms with van der Waals surface area (Å²) in [7, 11) is 0. The molecule has 0 radical (unpaired) electrons. The van der Waals surface area contributed by atoms with Crippen LogP contribution in [0.25, 0.3) is 0 Å². The van der Waals surface area contributed by atoms with Crippen LogP contribution in [0.1, 0.15) is 33.1 Å². The van der Waals surface area contributed by atoms with Gasteiger partial charge in [-0.2, -0.15) is 0 Å². The van der Waals surface area contributed by atoms with Crippen molar-refractivity contribution in [2.24, 2.45) is 11.8 Å². The number of urea groups is 1. The fourth-order valence-electron chi connectivity index (χ4n) is 2.10. The van der Waals surface area contributed by atoms with Crippen molar-refractivity contribution in [1.82, 2.24) is 16.0 Å². The highest BCUT2D eigenvalue weighted by atomic mass is 16.4. The highest BCUT2D eigenvalue weighted by Gasteiger charge is 2.28. The van der Waals surface area contributed by atoms with E-state index in [1.165, 1.54) is 0 Å². The number of piperidine rings is 1. The molecule has 0 aromatic rings. The molecule has 0 saturated carbocycles. The van der Waals surface area contributed by atoms with E-state index in [1.54, 1.807) is 0 Å². The summed E-state index contributed by atoms with van der Waals surface area (Å²) < 4.78 is 0. The second-order valence-corrected chi connectivity index (χ2v) is 5.52. The number of aliphatic carboxylic acids is 1. The minimum atomic E-state index is -0.968. The Hall–Kier alpha value is -2.12. The molecule has 0 bridgehead atoms. The minimum absolute atomic E-state index is 0.00733. The van der Waals surface area contributed by atoms with Crippen LogP contribution in [0, 0.1) is 11.8 Å². The molecule has 0 aromatic heterocycles. The maximum absolute atomic E-state index is 11.7. The number of carboxylic acids is 1. The molecule has 1 aliphatic rings. The van der Waals surface area contributed by atoms with Crippen LogP contribution in [0.15, 0.2) is 0 Å². The summed E-state index contributed by atoms with van der Waals surface area (Å²) in [6, 6.07) is -1.38. The van der Waals surface area contributed by atoms with Crippen molar-refractivity contribution in [3.05, 3.63) is 0 Å². The maximum Gasteiger partial charge on any atom is 0.315 e. The van der Waals surface area contributed by atoms with Gasteiger partial charge in [0.1, 0.15) is 6.04 Å².